The Bertz CT molecular complexity index is 572. The first-order valence-electron chi connectivity index (χ1n) is 7.32. The van der Waals surface area contributed by atoms with Crippen LogP contribution in [0.2, 0.25) is 0 Å². The molecule has 0 fully saturated rings. The highest BCUT2D eigenvalue weighted by Gasteiger charge is 2.16. The van der Waals surface area contributed by atoms with Crippen molar-refractivity contribution in [1.82, 2.24) is 0 Å². The number of benzene rings is 2. The highest BCUT2D eigenvalue weighted by atomic mass is 16.5. The summed E-state index contributed by atoms with van der Waals surface area (Å²) in [4.78, 5) is 0. The quantitative estimate of drug-likeness (QED) is 0.789. The van der Waals surface area contributed by atoms with Crippen LogP contribution in [0.25, 0.3) is 10.8 Å². The van der Waals surface area contributed by atoms with Gasteiger partial charge in [0.2, 0.25) is 0 Å². The van der Waals surface area contributed by atoms with Crippen molar-refractivity contribution in [2.24, 2.45) is 0 Å². The first kappa shape index (κ1) is 16.0. The van der Waals surface area contributed by atoms with Crippen LogP contribution in [-0.4, -0.2) is 31.0 Å². The molecule has 0 spiro atoms. The lowest BCUT2D eigenvalue weighted by molar-refractivity contribution is -0.0247. The van der Waals surface area contributed by atoms with E-state index in [9.17, 15) is 5.11 Å². The van der Waals surface area contributed by atoms with E-state index in [-0.39, 0.29) is 5.60 Å². The molecule has 0 bridgehead atoms. The van der Waals surface area contributed by atoms with Crippen LogP contribution in [0.3, 0.4) is 0 Å². The van der Waals surface area contributed by atoms with Crippen LogP contribution < -0.4 is 0 Å². The monoisotopic (exact) mass is 288 g/mol. The van der Waals surface area contributed by atoms with Crippen molar-refractivity contribution in [1.29, 1.82) is 0 Å². The van der Waals surface area contributed by atoms with Crippen LogP contribution in [0.5, 0.6) is 0 Å². The van der Waals surface area contributed by atoms with Crippen molar-refractivity contribution >= 4 is 10.8 Å². The zero-order chi connectivity index (χ0) is 15.3. The summed E-state index contributed by atoms with van der Waals surface area (Å²) in [6.07, 6.45) is 0.188. The Kier molecular flexibility index (Phi) is 5.34. The number of ether oxygens (including phenoxy) is 2. The zero-order valence-corrected chi connectivity index (χ0v) is 13.0. The average Bonchev–Trinajstić information content (AvgIpc) is 2.51. The molecule has 0 aromatic heterocycles. The molecule has 114 valence electrons. The first-order chi connectivity index (χ1) is 10.0. The van der Waals surface area contributed by atoms with E-state index >= 15 is 0 Å². The Morgan fingerprint density at radius 3 is 2.57 bits per heavy atom. The summed E-state index contributed by atoms with van der Waals surface area (Å²) in [6.45, 7) is 4.92. The van der Waals surface area contributed by atoms with Crippen molar-refractivity contribution < 1.29 is 14.6 Å². The van der Waals surface area contributed by atoms with E-state index in [2.05, 4.69) is 0 Å². The van der Waals surface area contributed by atoms with Gasteiger partial charge >= 0.3 is 0 Å². The van der Waals surface area contributed by atoms with E-state index in [1.54, 1.807) is 7.11 Å². The fraction of sp³-hybridized carbons (Fsp3) is 0.444. The number of hydrogen-bond donors (Lipinski definition) is 1. The summed E-state index contributed by atoms with van der Waals surface area (Å²) in [6, 6.07) is 14.0. The molecule has 0 aliphatic carbocycles. The summed E-state index contributed by atoms with van der Waals surface area (Å²) in [5.41, 5.74) is 0.726. The molecule has 0 saturated carbocycles. The molecular weight excluding hydrogens is 264 g/mol. The lowest BCUT2D eigenvalue weighted by Crippen LogP contribution is -2.25. The maximum atomic E-state index is 10.3. The number of aliphatic hydroxyl groups is 1. The highest BCUT2D eigenvalue weighted by molar-refractivity contribution is 5.85. The van der Waals surface area contributed by atoms with Crippen molar-refractivity contribution in [3.05, 3.63) is 48.0 Å². The molecule has 2 rings (SSSR count). The van der Waals surface area contributed by atoms with Gasteiger partial charge in [-0.05, 0) is 36.6 Å². The number of methoxy groups -OCH3 is 1. The molecule has 3 heteroatoms. The van der Waals surface area contributed by atoms with Gasteiger partial charge in [0.15, 0.2) is 0 Å². The van der Waals surface area contributed by atoms with Gasteiger partial charge in [-0.25, -0.2) is 0 Å². The molecule has 0 saturated heterocycles. The SMILES string of the molecule is COC(C)(C)CCOCC(O)c1cccc2ccccc12. The van der Waals surface area contributed by atoms with Crippen LogP contribution in [0.4, 0.5) is 0 Å². The van der Waals surface area contributed by atoms with Gasteiger partial charge in [-0.3, -0.25) is 0 Å². The smallest absolute Gasteiger partial charge is 0.103 e. The summed E-state index contributed by atoms with van der Waals surface area (Å²) in [7, 11) is 1.70. The third-order valence-corrected chi connectivity index (χ3v) is 3.86. The number of rotatable bonds is 7. The number of aliphatic hydroxyl groups excluding tert-OH is 1. The lowest BCUT2D eigenvalue weighted by Gasteiger charge is -2.23. The second-order valence-electron chi connectivity index (χ2n) is 5.87. The van der Waals surface area contributed by atoms with E-state index < -0.39 is 6.10 Å². The van der Waals surface area contributed by atoms with Crippen molar-refractivity contribution in [3.8, 4) is 0 Å². The van der Waals surface area contributed by atoms with Gasteiger partial charge in [0.05, 0.1) is 12.2 Å². The van der Waals surface area contributed by atoms with Gasteiger partial charge in [0.1, 0.15) is 6.10 Å². The van der Waals surface area contributed by atoms with Gasteiger partial charge in [-0.1, -0.05) is 42.5 Å². The van der Waals surface area contributed by atoms with Crippen LogP contribution >= 0.6 is 0 Å². The van der Waals surface area contributed by atoms with E-state index in [0.717, 1.165) is 22.8 Å². The fourth-order valence-electron chi connectivity index (χ4n) is 2.25. The Morgan fingerprint density at radius 2 is 1.81 bits per heavy atom. The summed E-state index contributed by atoms with van der Waals surface area (Å²) in [5, 5.41) is 12.6. The van der Waals surface area contributed by atoms with Crippen LogP contribution in [0.15, 0.2) is 42.5 Å². The molecular formula is C18H24O3. The molecule has 1 atom stereocenters. The van der Waals surface area contributed by atoms with Crippen LogP contribution in [-0.2, 0) is 9.47 Å². The minimum Gasteiger partial charge on any atom is -0.386 e. The highest BCUT2D eigenvalue weighted by Crippen LogP contribution is 2.24. The predicted octanol–water partition coefficient (Wildman–Crippen LogP) is 3.70. The van der Waals surface area contributed by atoms with Gasteiger partial charge in [-0.2, -0.15) is 0 Å². The second-order valence-corrected chi connectivity index (χ2v) is 5.87. The van der Waals surface area contributed by atoms with E-state index in [1.165, 1.54) is 0 Å². The fourth-order valence-corrected chi connectivity index (χ4v) is 2.25. The molecule has 2 aromatic rings. The topological polar surface area (TPSA) is 38.7 Å². The number of fused-ring (bicyclic) bond motifs is 1. The van der Waals surface area contributed by atoms with Crippen molar-refractivity contribution in [2.45, 2.75) is 32.0 Å². The van der Waals surface area contributed by atoms with Gasteiger partial charge in [0.25, 0.3) is 0 Å². The normalized spacial score (nSPS) is 13.5. The van der Waals surface area contributed by atoms with E-state index in [4.69, 9.17) is 9.47 Å². The zero-order valence-electron chi connectivity index (χ0n) is 13.0. The minimum atomic E-state index is -0.609. The molecule has 2 aromatic carbocycles. The van der Waals surface area contributed by atoms with Gasteiger partial charge in [0, 0.05) is 13.7 Å². The molecule has 1 N–H and O–H groups in total. The largest absolute Gasteiger partial charge is 0.386 e. The summed E-state index contributed by atoms with van der Waals surface area (Å²) in [5.74, 6) is 0. The molecule has 0 aliphatic rings. The molecule has 21 heavy (non-hydrogen) atoms. The van der Waals surface area contributed by atoms with Crippen molar-refractivity contribution in [3.63, 3.8) is 0 Å². The van der Waals surface area contributed by atoms with Gasteiger partial charge in [-0.15, -0.1) is 0 Å². The Morgan fingerprint density at radius 1 is 1.10 bits per heavy atom. The van der Waals surface area contributed by atoms with E-state index in [0.29, 0.717) is 13.2 Å². The van der Waals surface area contributed by atoms with Crippen LogP contribution in [0.1, 0.15) is 31.9 Å². The Labute approximate surface area is 126 Å². The maximum Gasteiger partial charge on any atom is 0.103 e. The molecule has 0 heterocycles. The molecule has 0 aliphatic heterocycles. The Balaban J connectivity index is 1.95. The Hall–Kier alpha value is -1.42. The van der Waals surface area contributed by atoms with Gasteiger partial charge < -0.3 is 14.6 Å². The molecule has 1 unspecified atom stereocenters. The maximum absolute atomic E-state index is 10.3. The average molecular weight is 288 g/mol. The third kappa shape index (κ3) is 4.27. The first-order valence-corrected chi connectivity index (χ1v) is 7.32. The van der Waals surface area contributed by atoms with Crippen molar-refractivity contribution in [2.75, 3.05) is 20.3 Å². The standard InChI is InChI=1S/C18H24O3/c1-18(2,20-3)11-12-21-13-17(19)16-10-6-8-14-7-4-5-9-15(14)16/h4-10,17,19H,11-13H2,1-3H3. The minimum absolute atomic E-state index is 0.190. The lowest BCUT2D eigenvalue weighted by atomic mass is 10.0. The summed E-state index contributed by atoms with van der Waals surface area (Å²) >= 11 is 0. The predicted molar refractivity (Wildman–Crippen MR) is 85.4 cm³/mol. The summed E-state index contributed by atoms with van der Waals surface area (Å²) < 4.78 is 11.0. The molecule has 3 nitrogen and oxygen atoms in total. The van der Waals surface area contributed by atoms with E-state index in [1.807, 2.05) is 56.3 Å². The number of hydrogen-bond acceptors (Lipinski definition) is 3. The molecule has 0 amide bonds. The second kappa shape index (κ2) is 7.03. The van der Waals surface area contributed by atoms with Crippen LogP contribution in [0, 0.1) is 0 Å². The molecule has 0 radical (unpaired) electrons. The third-order valence-electron chi connectivity index (χ3n) is 3.86.